The minimum absolute atomic E-state index is 0.389. The maximum Gasteiger partial charge on any atom is 0.160 e. The van der Waals surface area contributed by atoms with Gasteiger partial charge >= 0.3 is 0 Å². The third-order valence-corrected chi connectivity index (χ3v) is 4.11. The van der Waals surface area contributed by atoms with Crippen LogP contribution < -0.4 is 11.1 Å². The molecule has 4 nitrogen and oxygen atoms in total. The zero-order valence-electron chi connectivity index (χ0n) is 12.1. The van der Waals surface area contributed by atoms with E-state index in [9.17, 15) is 0 Å². The van der Waals surface area contributed by atoms with Gasteiger partial charge in [0.15, 0.2) is 5.65 Å². The zero-order valence-corrected chi connectivity index (χ0v) is 13.6. The Morgan fingerprint density at radius 1 is 1.27 bits per heavy atom. The highest BCUT2D eigenvalue weighted by molar-refractivity contribution is 6.36. The van der Waals surface area contributed by atoms with E-state index >= 15 is 0 Å². The molecule has 0 spiro atoms. The summed E-state index contributed by atoms with van der Waals surface area (Å²) in [4.78, 5) is 4.41. The van der Waals surface area contributed by atoms with Gasteiger partial charge in [-0.05, 0) is 19.1 Å². The van der Waals surface area contributed by atoms with Gasteiger partial charge in [-0.25, -0.2) is 4.98 Å². The number of nitrogens with two attached hydrogens (primary N) is 1. The second kappa shape index (κ2) is 6.16. The zero-order chi connectivity index (χ0) is 15.7. The van der Waals surface area contributed by atoms with Crippen molar-refractivity contribution in [2.45, 2.75) is 13.5 Å². The van der Waals surface area contributed by atoms with E-state index in [2.05, 4.69) is 10.3 Å². The van der Waals surface area contributed by atoms with E-state index in [4.69, 9.17) is 28.9 Å². The van der Waals surface area contributed by atoms with E-state index < -0.39 is 0 Å². The van der Waals surface area contributed by atoms with E-state index in [0.717, 1.165) is 34.6 Å². The lowest BCUT2D eigenvalue weighted by molar-refractivity contribution is 1.04. The Balaban J connectivity index is 2.32. The largest absolute Gasteiger partial charge is 0.382 e. The summed E-state index contributed by atoms with van der Waals surface area (Å²) in [5, 5.41) is 4.58. The fourth-order valence-electron chi connectivity index (χ4n) is 2.61. The van der Waals surface area contributed by atoms with Crippen LogP contribution in [0.2, 0.25) is 10.0 Å². The van der Waals surface area contributed by atoms with Crippen molar-refractivity contribution in [3.05, 3.63) is 52.4 Å². The molecule has 0 saturated heterocycles. The Morgan fingerprint density at radius 3 is 2.77 bits per heavy atom. The van der Waals surface area contributed by atoms with Crippen LogP contribution in [0.4, 0.5) is 5.69 Å². The first-order valence-electron chi connectivity index (χ1n) is 7.03. The predicted molar refractivity (Wildman–Crippen MR) is 92.7 cm³/mol. The molecule has 0 fully saturated rings. The summed E-state index contributed by atoms with van der Waals surface area (Å²) in [6.45, 7) is 3.22. The first kappa shape index (κ1) is 15.2. The van der Waals surface area contributed by atoms with Gasteiger partial charge < -0.3 is 15.5 Å². The lowest BCUT2D eigenvalue weighted by atomic mass is 10.00. The van der Waals surface area contributed by atoms with Gasteiger partial charge in [-0.15, -0.1) is 0 Å². The van der Waals surface area contributed by atoms with Gasteiger partial charge in [-0.2, -0.15) is 0 Å². The highest BCUT2D eigenvalue weighted by atomic mass is 35.5. The molecule has 0 amide bonds. The molecule has 1 aromatic carbocycles. The van der Waals surface area contributed by atoms with Crippen molar-refractivity contribution in [3.63, 3.8) is 0 Å². The molecule has 3 N–H and O–H groups in total. The average molecular weight is 335 g/mol. The van der Waals surface area contributed by atoms with Crippen molar-refractivity contribution in [1.29, 1.82) is 0 Å². The van der Waals surface area contributed by atoms with Crippen LogP contribution in [0.3, 0.4) is 0 Å². The van der Waals surface area contributed by atoms with E-state index in [1.807, 2.05) is 35.9 Å². The fourth-order valence-corrected chi connectivity index (χ4v) is 3.12. The number of nitrogens with one attached hydrogen (secondary N) is 1. The Kier molecular flexibility index (Phi) is 4.25. The summed E-state index contributed by atoms with van der Waals surface area (Å²) in [6, 6.07) is 5.48. The number of hydrogen-bond donors (Lipinski definition) is 2. The molecule has 2 heterocycles. The van der Waals surface area contributed by atoms with E-state index in [1.165, 1.54) is 0 Å². The SMILES string of the molecule is CCNc1c(CN)c(-c2ccc(Cl)cc2Cl)cn2ccnc12. The lowest BCUT2D eigenvalue weighted by Crippen LogP contribution is -2.09. The van der Waals surface area contributed by atoms with Crippen LogP contribution in [0.15, 0.2) is 36.8 Å². The number of anilines is 1. The van der Waals surface area contributed by atoms with Crippen LogP contribution in [0, 0.1) is 0 Å². The summed E-state index contributed by atoms with van der Waals surface area (Å²) < 4.78 is 1.97. The lowest BCUT2D eigenvalue weighted by Gasteiger charge is -2.17. The number of benzene rings is 1. The highest BCUT2D eigenvalue weighted by Gasteiger charge is 2.16. The summed E-state index contributed by atoms with van der Waals surface area (Å²) in [7, 11) is 0. The van der Waals surface area contributed by atoms with Crippen molar-refractivity contribution >= 4 is 34.5 Å². The molecular weight excluding hydrogens is 319 g/mol. The molecular formula is C16H16Cl2N4. The van der Waals surface area contributed by atoms with Crippen LogP contribution in [-0.2, 0) is 6.54 Å². The maximum atomic E-state index is 6.38. The van der Waals surface area contributed by atoms with Crippen LogP contribution in [0.5, 0.6) is 0 Å². The number of imidazole rings is 1. The minimum Gasteiger partial charge on any atom is -0.382 e. The summed E-state index contributed by atoms with van der Waals surface area (Å²) >= 11 is 12.4. The standard InChI is InChI=1S/C16H16Cl2N4/c1-2-20-15-12(8-19)13(9-22-6-5-21-16(15)22)11-4-3-10(17)7-14(11)18/h3-7,9,20H,2,8,19H2,1H3. The van der Waals surface area contributed by atoms with Crippen molar-refractivity contribution in [1.82, 2.24) is 9.38 Å². The molecule has 3 rings (SSSR count). The molecule has 114 valence electrons. The van der Waals surface area contributed by atoms with Gasteiger partial charge in [0.05, 0.1) is 5.69 Å². The van der Waals surface area contributed by atoms with Gasteiger partial charge in [-0.1, -0.05) is 29.3 Å². The molecule has 0 aliphatic heterocycles. The molecule has 2 aromatic heterocycles. The number of fused-ring (bicyclic) bond motifs is 1. The minimum atomic E-state index is 0.389. The molecule has 0 radical (unpaired) electrons. The molecule has 0 aliphatic carbocycles. The summed E-state index contributed by atoms with van der Waals surface area (Å²) in [5.74, 6) is 0. The van der Waals surface area contributed by atoms with E-state index in [0.29, 0.717) is 16.6 Å². The Morgan fingerprint density at radius 2 is 2.09 bits per heavy atom. The van der Waals surface area contributed by atoms with E-state index in [-0.39, 0.29) is 0 Å². The van der Waals surface area contributed by atoms with Gasteiger partial charge in [0.1, 0.15) is 0 Å². The quantitative estimate of drug-likeness (QED) is 0.751. The molecule has 0 bridgehead atoms. The Bertz CT molecular complexity index is 826. The first-order valence-corrected chi connectivity index (χ1v) is 7.79. The average Bonchev–Trinajstić information content (AvgIpc) is 2.95. The van der Waals surface area contributed by atoms with Crippen molar-refractivity contribution in [2.24, 2.45) is 5.73 Å². The molecule has 0 aliphatic rings. The van der Waals surface area contributed by atoms with Crippen molar-refractivity contribution < 1.29 is 0 Å². The van der Waals surface area contributed by atoms with Gasteiger partial charge in [0.2, 0.25) is 0 Å². The molecule has 6 heteroatoms. The van der Waals surface area contributed by atoms with Gasteiger partial charge in [0.25, 0.3) is 0 Å². The first-order chi connectivity index (χ1) is 10.7. The molecule has 0 atom stereocenters. The third kappa shape index (κ3) is 2.54. The second-order valence-corrected chi connectivity index (χ2v) is 5.76. The smallest absolute Gasteiger partial charge is 0.160 e. The highest BCUT2D eigenvalue weighted by Crippen LogP contribution is 2.36. The molecule has 22 heavy (non-hydrogen) atoms. The third-order valence-electron chi connectivity index (χ3n) is 3.57. The Hall–Kier alpha value is -1.75. The Labute approximate surface area is 138 Å². The number of halogens is 2. The van der Waals surface area contributed by atoms with Crippen LogP contribution in [-0.4, -0.2) is 15.9 Å². The summed E-state index contributed by atoms with van der Waals surface area (Å²) in [5.41, 5.74) is 10.7. The number of aromatic nitrogens is 2. The number of pyridine rings is 1. The van der Waals surface area contributed by atoms with Crippen molar-refractivity contribution in [3.8, 4) is 11.1 Å². The van der Waals surface area contributed by atoms with Crippen molar-refractivity contribution in [2.75, 3.05) is 11.9 Å². The molecule has 0 unspecified atom stereocenters. The molecule has 0 saturated carbocycles. The maximum absolute atomic E-state index is 6.38. The van der Waals surface area contributed by atoms with Crippen LogP contribution >= 0.6 is 23.2 Å². The second-order valence-electron chi connectivity index (χ2n) is 4.91. The van der Waals surface area contributed by atoms with Gasteiger partial charge in [-0.3, -0.25) is 0 Å². The monoisotopic (exact) mass is 334 g/mol. The van der Waals surface area contributed by atoms with Crippen LogP contribution in [0.1, 0.15) is 12.5 Å². The normalized spacial score (nSPS) is 11.1. The molecule has 3 aromatic rings. The number of rotatable bonds is 4. The van der Waals surface area contributed by atoms with Crippen LogP contribution in [0.25, 0.3) is 16.8 Å². The van der Waals surface area contributed by atoms with E-state index in [1.54, 1.807) is 12.3 Å². The topological polar surface area (TPSA) is 55.3 Å². The van der Waals surface area contributed by atoms with Gasteiger partial charge in [0, 0.05) is 58.4 Å². The predicted octanol–water partition coefficient (Wildman–Crippen LogP) is 4.20. The summed E-state index contributed by atoms with van der Waals surface area (Å²) in [6.07, 6.45) is 5.67. The number of hydrogen-bond acceptors (Lipinski definition) is 3. The fraction of sp³-hybridized carbons (Fsp3) is 0.188. The number of nitrogens with zero attached hydrogens (tertiary/aromatic N) is 2.